The molecular formula is C24H26N2O6S2. The molecular weight excluding hydrogens is 476 g/mol. The molecule has 1 aromatic heterocycles. The zero-order valence-corrected chi connectivity index (χ0v) is 21.0. The van der Waals surface area contributed by atoms with Gasteiger partial charge >= 0.3 is 6.03 Å². The van der Waals surface area contributed by atoms with E-state index in [1.54, 1.807) is 17.8 Å². The Balaban J connectivity index is 1.60. The Morgan fingerprint density at radius 1 is 1.12 bits per heavy atom. The number of sulfonamides is 1. The molecule has 1 fully saturated rings. The number of furan rings is 1. The van der Waals surface area contributed by atoms with Crippen LogP contribution in [0.15, 0.2) is 21.6 Å². The highest BCUT2D eigenvalue weighted by molar-refractivity contribution is 7.99. The number of nitrogens with one attached hydrogen (secondary N) is 1. The van der Waals surface area contributed by atoms with Crippen LogP contribution in [0.1, 0.15) is 64.1 Å². The van der Waals surface area contributed by atoms with E-state index < -0.39 is 32.7 Å². The standard InChI is InChI=1S/C24H26N2O6S2/c1-13-17-19(27)20(28)18-14-5-4-8-24(2,3)16(14)7-6-15(18)21(17)32-22(13)34(30,31)25-23(29)26-9-11-33-12-10-26/h6-7H,4-5,8-12H2,1-3H3,(H,25,29). The first kappa shape index (κ1) is 23.2. The second-order valence-corrected chi connectivity index (χ2v) is 12.4. The third kappa shape index (κ3) is 3.50. The average molecular weight is 503 g/mol. The maximum atomic E-state index is 13.2. The van der Waals surface area contributed by atoms with Gasteiger partial charge in [0, 0.05) is 41.3 Å². The number of carbonyl (C=O) groups excluding carboxylic acids is 3. The fraction of sp³-hybridized carbons (Fsp3) is 0.458. The fourth-order valence-electron chi connectivity index (χ4n) is 5.26. The summed E-state index contributed by atoms with van der Waals surface area (Å²) in [5, 5.41) is -0.510. The SMILES string of the molecule is Cc1c(S(=O)(=O)NC(=O)N2CCSCC2)oc2c1C(=O)C(=O)c1c-2ccc2c1CCCC2(C)C. The van der Waals surface area contributed by atoms with Gasteiger partial charge in [0.25, 0.3) is 10.0 Å². The number of benzene rings is 1. The molecule has 2 heterocycles. The largest absolute Gasteiger partial charge is 0.442 e. The number of thioether (sulfide) groups is 1. The molecule has 5 rings (SSSR count). The molecule has 1 aromatic carbocycles. The molecule has 180 valence electrons. The van der Waals surface area contributed by atoms with Crippen molar-refractivity contribution in [2.45, 2.75) is 50.5 Å². The summed E-state index contributed by atoms with van der Waals surface area (Å²) in [6, 6.07) is 2.96. The van der Waals surface area contributed by atoms with Crippen molar-refractivity contribution in [3.05, 3.63) is 39.9 Å². The van der Waals surface area contributed by atoms with Crippen LogP contribution < -0.4 is 4.72 Å². The monoisotopic (exact) mass is 502 g/mol. The number of hydrogen-bond donors (Lipinski definition) is 1. The van der Waals surface area contributed by atoms with Crippen molar-refractivity contribution in [1.29, 1.82) is 0 Å². The summed E-state index contributed by atoms with van der Waals surface area (Å²) in [7, 11) is -4.39. The molecule has 0 spiro atoms. The van der Waals surface area contributed by atoms with Crippen molar-refractivity contribution in [3.8, 4) is 11.3 Å². The van der Waals surface area contributed by atoms with Gasteiger partial charge in [-0.3, -0.25) is 9.59 Å². The van der Waals surface area contributed by atoms with E-state index in [-0.39, 0.29) is 22.3 Å². The summed E-state index contributed by atoms with van der Waals surface area (Å²) >= 11 is 1.70. The third-order valence-electron chi connectivity index (χ3n) is 7.04. The zero-order chi connectivity index (χ0) is 24.4. The van der Waals surface area contributed by atoms with Crippen molar-refractivity contribution in [1.82, 2.24) is 9.62 Å². The molecule has 2 aliphatic carbocycles. The van der Waals surface area contributed by atoms with Crippen LogP contribution in [0.2, 0.25) is 0 Å². The minimum absolute atomic E-state index is 0.0338. The van der Waals surface area contributed by atoms with E-state index in [9.17, 15) is 22.8 Å². The van der Waals surface area contributed by atoms with Crippen LogP contribution in [0.25, 0.3) is 11.3 Å². The van der Waals surface area contributed by atoms with Gasteiger partial charge in [0.2, 0.25) is 16.7 Å². The Morgan fingerprint density at radius 2 is 1.79 bits per heavy atom. The molecule has 8 nitrogen and oxygen atoms in total. The van der Waals surface area contributed by atoms with Crippen LogP contribution in [0.5, 0.6) is 0 Å². The molecule has 1 aliphatic heterocycles. The molecule has 0 saturated carbocycles. The Kier molecular flexibility index (Phi) is 5.44. The lowest BCUT2D eigenvalue weighted by molar-refractivity contribution is 0.0813. The van der Waals surface area contributed by atoms with Gasteiger partial charge in [0.1, 0.15) is 5.76 Å². The second-order valence-electron chi connectivity index (χ2n) is 9.64. The van der Waals surface area contributed by atoms with E-state index in [1.807, 2.05) is 6.07 Å². The predicted octanol–water partition coefficient (Wildman–Crippen LogP) is 3.70. The number of hydrogen-bond acceptors (Lipinski definition) is 7. The normalized spacial score (nSPS) is 19.3. The number of urea groups is 1. The van der Waals surface area contributed by atoms with E-state index in [0.29, 0.717) is 30.6 Å². The lowest BCUT2D eigenvalue weighted by atomic mass is 9.69. The lowest BCUT2D eigenvalue weighted by Gasteiger charge is -2.34. The van der Waals surface area contributed by atoms with Gasteiger partial charge in [-0.05, 0) is 42.7 Å². The molecule has 0 atom stereocenters. The van der Waals surface area contributed by atoms with Gasteiger partial charge in [-0.1, -0.05) is 26.0 Å². The van der Waals surface area contributed by atoms with Gasteiger partial charge in [-0.15, -0.1) is 0 Å². The van der Waals surface area contributed by atoms with Gasteiger partial charge in [0.15, 0.2) is 0 Å². The van der Waals surface area contributed by atoms with Gasteiger partial charge in [-0.25, -0.2) is 9.52 Å². The van der Waals surface area contributed by atoms with Crippen molar-refractivity contribution in [2.24, 2.45) is 0 Å². The average Bonchev–Trinajstić information content (AvgIpc) is 3.15. The topological polar surface area (TPSA) is 114 Å². The number of carbonyl (C=O) groups is 3. The first-order chi connectivity index (χ1) is 16.0. The maximum Gasteiger partial charge on any atom is 0.331 e. The van der Waals surface area contributed by atoms with Crippen LogP contribution in [-0.4, -0.2) is 55.5 Å². The van der Waals surface area contributed by atoms with E-state index in [2.05, 4.69) is 18.6 Å². The van der Waals surface area contributed by atoms with E-state index in [1.165, 1.54) is 11.8 Å². The number of Topliss-reactive ketones (excluding diaryl/α,β-unsaturated/α-hetero) is 2. The molecule has 0 radical (unpaired) electrons. The Labute approximate surface area is 202 Å². The summed E-state index contributed by atoms with van der Waals surface area (Å²) in [5.41, 5.74) is 2.48. The molecule has 1 N–H and O–H groups in total. The fourth-order valence-corrected chi connectivity index (χ4v) is 7.32. The molecule has 0 bridgehead atoms. The van der Waals surface area contributed by atoms with Crippen LogP contribution in [-0.2, 0) is 21.9 Å². The third-order valence-corrected chi connectivity index (χ3v) is 9.31. The van der Waals surface area contributed by atoms with E-state index in [0.717, 1.165) is 35.5 Å². The molecule has 1 saturated heterocycles. The highest BCUT2D eigenvalue weighted by Gasteiger charge is 2.42. The summed E-state index contributed by atoms with van der Waals surface area (Å²) in [6.45, 7) is 6.55. The second kappa shape index (κ2) is 7.98. The molecule has 34 heavy (non-hydrogen) atoms. The Bertz CT molecular complexity index is 1350. The van der Waals surface area contributed by atoms with Crippen molar-refractivity contribution in [3.63, 3.8) is 0 Å². The summed E-state index contributed by atoms with van der Waals surface area (Å²) in [4.78, 5) is 40.4. The summed E-state index contributed by atoms with van der Waals surface area (Å²) < 4.78 is 34.0. The summed E-state index contributed by atoms with van der Waals surface area (Å²) in [6.07, 6.45) is 2.54. The first-order valence-electron chi connectivity index (χ1n) is 11.3. The van der Waals surface area contributed by atoms with Gasteiger partial charge < -0.3 is 9.32 Å². The molecule has 2 aromatic rings. The maximum absolute atomic E-state index is 13.2. The number of ketones is 2. The summed E-state index contributed by atoms with van der Waals surface area (Å²) in [5.74, 6) is 0.123. The minimum atomic E-state index is -4.39. The van der Waals surface area contributed by atoms with Crippen LogP contribution >= 0.6 is 11.8 Å². The Morgan fingerprint density at radius 3 is 2.50 bits per heavy atom. The molecule has 3 aliphatic rings. The van der Waals surface area contributed by atoms with E-state index in [4.69, 9.17) is 4.42 Å². The van der Waals surface area contributed by atoms with Crippen LogP contribution in [0.4, 0.5) is 4.79 Å². The number of amides is 2. The van der Waals surface area contributed by atoms with Crippen LogP contribution in [0, 0.1) is 6.92 Å². The highest BCUT2D eigenvalue weighted by Crippen LogP contribution is 2.46. The van der Waals surface area contributed by atoms with Crippen molar-refractivity contribution < 1.29 is 27.2 Å². The molecule has 2 amide bonds. The Hall–Kier alpha value is -2.59. The molecule has 0 unspecified atom stereocenters. The predicted molar refractivity (Wildman–Crippen MR) is 128 cm³/mol. The van der Waals surface area contributed by atoms with Gasteiger partial charge in [0.05, 0.1) is 5.56 Å². The number of fused-ring (bicyclic) bond motifs is 5. The van der Waals surface area contributed by atoms with Crippen molar-refractivity contribution in [2.75, 3.05) is 24.6 Å². The number of nitrogens with zero attached hydrogens (tertiary/aromatic N) is 1. The lowest BCUT2D eigenvalue weighted by Crippen LogP contribution is -2.46. The quantitative estimate of drug-likeness (QED) is 0.623. The first-order valence-corrected chi connectivity index (χ1v) is 14.0. The molecule has 10 heteroatoms. The van der Waals surface area contributed by atoms with Gasteiger partial charge in [-0.2, -0.15) is 20.2 Å². The number of rotatable bonds is 2. The van der Waals surface area contributed by atoms with E-state index >= 15 is 0 Å². The highest BCUT2D eigenvalue weighted by atomic mass is 32.2. The smallest absolute Gasteiger partial charge is 0.331 e. The van der Waals surface area contributed by atoms with Crippen molar-refractivity contribution >= 4 is 39.4 Å². The minimum Gasteiger partial charge on any atom is -0.442 e. The zero-order valence-electron chi connectivity index (χ0n) is 19.3. The van der Waals surface area contributed by atoms with Crippen LogP contribution in [0.3, 0.4) is 0 Å².